The number of hydrogen-bond donors (Lipinski definition) is 0. The Morgan fingerprint density at radius 1 is 1.07 bits per heavy atom. The molecular weight excluding hydrogens is 184 g/mol. The van der Waals surface area contributed by atoms with Crippen molar-refractivity contribution in [2.24, 2.45) is 0 Å². The topological polar surface area (TPSA) is 9.23 Å². The van der Waals surface area contributed by atoms with Crippen LogP contribution in [0.3, 0.4) is 0 Å². The first-order valence-electron chi connectivity index (χ1n) is 5.56. The lowest BCUT2D eigenvalue weighted by atomic mass is 9.90. The smallest absolute Gasteiger partial charge is 0.128 e. The summed E-state index contributed by atoms with van der Waals surface area (Å²) in [5.74, 6) is 0.990. The fourth-order valence-electron chi connectivity index (χ4n) is 1.88. The summed E-state index contributed by atoms with van der Waals surface area (Å²) in [7, 11) is 0. The van der Waals surface area contributed by atoms with Crippen LogP contribution in [0, 0.1) is 0 Å². The van der Waals surface area contributed by atoms with Crippen LogP contribution in [0.2, 0.25) is 0 Å². The van der Waals surface area contributed by atoms with Crippen LogP contribution in [-0.2, 0) is 10.3 Å². The zero-order valence-corrected chi connectivity index (χ0v) is 10.3. The first kappa shape index (κ1) is 11.8. The lowest BCUT2D eigenvalue weighted by Gasteiger charge is -2.32. The maximum Gasteiger partial charge on any atom is 0.128 e. The lowest BCUT2D eigenvalue weighted by molar-refractivity contribution is 0.0308. The number of ether oxygens (including phenoxy) is 1. The zero-order valence-electron chi connectivity index (χ0n) is 10.3. The van der Waals surface area contributed by atoms with Crippen molar-refractivity contribution < 1.29 is 4.74 Å². The largest absolute Gasteiger partial charge is 0.488 e. The molecule has 0 aromatic heterocycles. The minimum Gasteiger partial charge on any atom is -0.488 e. The summed E-state index contributed by atoms with van der Waals surface area (Å²) >= 11 is 0. The van der Waals surface area contributed by atoms with E-state index in [0.29, 0.717) is 0 Å². The van der Waals surface area contributed by atoms with Crippen LogP contribution >= 0.6 is 0 Å². The van der Waals surface area contributed by atoms with Crippen molar-refractivity contribution in [3.63, 3.8) is 0 Å². The van der Waals surface area contributed by atoms with Crippen LogP contribution in [0.25, 0.3) is 6.08 Å². The van der Waals surface area contributed by atoms with E-state index in [0.717, 1.165) is 5.76 Å². The summed E-state index contributed by atoms with van der Waals surface area (Å²) in [5.41, 5.74) is 2.35. The van der Waals surface area contributed by atoms with Crippen LogP contribution in [0.1, 0.15) is 45.7 Å². The maximum absolute atomic E-state index is 5.76. The van der Waals surface area contributed by atoms with E-state index in [1.807, 2.05) is 20.8 Å². The van der Waals surface area contributed by atoms with E-state index in [-0.39, 0.29) is 5.60 Å². The Morgan fingerprint density at radius 3 is 2.33 bits per heavy atom. The van der Waals surface area contributed by atoms with E-state index < -0.39 is 0 Å². The van der Waals surface area contributed by atoms with Gasteiger partial charge in [-0.2, -0.15) is 0 Å². The Bertz CT molecular complexity index is 361. The Kier molecular flexibility index (Phi) is 3.57. The van der Waals surface area contributed by atoms with Gasteiger partial charge in [-0.1, -0.05) is 38.1 Å². The molecule has 0 saturated heterocycles. The average molecular weight is 204 g/mol. The molecule has 0 bridgehead atoms. The molecule has 1 nitrogen and oxygen atoms in total. The Hall–Kier alpha value is -1.24. The number of hydrogen-bond acceptors (Lipinski definition) is 1. The molecule has 2 rings (SSSR count). The van der Waals surface area contributed by atoms with Crippen LogP contribution < -0.4 is 0 Å². The van der Waals surface area contributed by atoms with Gasteiger partial charge < -0.3 is 4.74 Å². The highest BCUT2D eigenvalue weighted by Crippen LogP contribution is 2.35. The minimum atomic E-state index is -0.185. The second-order valence-corrected chi connectivity index (χ2v) is 3.95. The van der Waals surface area contributed by atoms with Gasteiger partial charge in [-0.25, -0.2) is 0 Å². The molecule has 82 valence electrons. The summed E-state index contributed by atoms with van der Waals surface area (Å²) in [4.78, 5) is 0. The van der Waals surface area contributed by atoms with Crippen molar-refractivity contribution in [1.29, 1.82) is 0 Å². The van der Waals surface area contributed by atoms with E-state index in [9.17, 15) is 0 Å². The normalized spacial score (nSPS) is 16.5. The number of fused-ring (bicyclic) bond motifs is 1. The van der Waals surface area contributed by atoms with Gasteiger partial charge in [0.2, 0.25) is 0 Å². The third-order valence-electron chi connectivity index (χ3n) is 2.38. The summed E-state index contributed by atoms with van der Waals surface area (Å²) < 4.78 is 5.76. The molecule has 0 spiro atoms. The molecule has 0 saturated carbocycles. The molecule has 1 aromatic rings. The average Bonchev–Trinajstić information content (AvgIpc) is 2.19. The molecule has 0 amide bonds. The van der Waals surface area contributed by atoms with Crippen molar-refractivity contribution in [2.45, 2.75) is 40.2 Å². The Morgan fingerprint density at radius 2 is 1.67 bits per heavy atom. The van der Waals surface area contributed by atoms with Crippen LogP contribution in [-0.4, -0.2) is 0 Å². The predicted octanol–water partition coefficient (Wildman–Crippen LogP) is 4.34. The van der Waals surface area contributed by atoms with Gasteiger partial charge in [0.1, 0.15) is 5.60 Å². The quantitative estimate of drug-likeness (QED) is 0.611. The molecule has 1 aromatic carbocycles. The second-order valence-electron chi connectivity index (χ2n) is 3.95. The van der Waals surface area contributed by atoms with Crippen molar-refractivity contribution in [2.75, 3.05) is 0 Å². The summed E-state index contributed by atoms with van der Waals surface area (Å²) in [6.45, 7) is 10.2. The first-order valence-corrected chi connectivity index (χ1v) is 5.56. The summed E-state index contributed by atoms with van der Waals surface area (Å²) in [6, 6.07) is 8.36. The van der Waals surface area contributed by atoms with E-state index in [4.69, 9.17) is 4.74 Å². The van der Waals surface area contributed by atoms with Gasteiger partial charge in [-0.15, -0.1) is 0 Å². The van der Waals surface area contributed by atoms with Gasteiger partial charge in [-0.05, 0) is 32.4 Å². The maximum atomic E-state index is 5.76. The monoisotopic (exact) mass is 204 g/mol. The molecule has 0 unspecified atom stereocenters. The highest BCUT2D eigenvalue weighted by Gasteiger charge is 2.27. The molecule has 15 heavy (non-hydrogen) atoms. The van der Waals surface area contributed by atoms with Gasteiger partial charge in [0.25, 0.3) is 0 Å². The summed E-state index contributed by atoms with van der Waals surface area (Å²) in [5, 5.41) is 0. The van der Waals surface area contributed by atoms with Crippen molar-refractivity contribution in [3.05, 3.63) is 41.2 Å². The van der Waals surface area contributed by atoms with Gasteiger partial charge in [0.05, 0.1) is 5.76 Å². The Labute approximate surface area is 92.8 Å². The van der Waals surface area contributed by atoms with Gasteiger partial charge >= 0.3 is 0 Å². The number of rotatable bonds is 0. The minimum absolute atomic E-state index is 0.185. The molecule has 0 atom stereocenters. The van der Waals surface area contributed by atoms with Crippen molar-refractivity contribution in [1.82, 2.24) is 0 Å². The molecule has 0 N–H and O–H groups in total. The summed E-state index contributed by atoms with van der Waals surface area (Å²) in [6.07, 6.45) is 2.08. The highest BCUT2D eigenvalue weighted by atomic mass is 16.5. The second kappa shape index (κ2) is 4.52. The van der Waals surface area contributed by atoms with Gasteiger partial charge in [0, 0.05) is 5.56 Å². The highest BCUT2D eigenvalue weighted by molar-refractivity contribution is 5.58. The number of allylic oxidation sites excluding steroid dienone is 1. The molecule has 1 aliphatic heterocycles. The predicted molar refractivity (Wildman–Crippen MR) is 65.6 cm³/mol. The lowest BCUT2D eigenvalue weighted by Crippen LogP contribution is -2.24. The molecule has 1 heterocycles. The SMILES string of the molecule is CC.CC1=Cc2ccccc2C(C)(C)O1. The third-order valence-corrected chi connectivity index (χ3v) is 2.38. The number of benzene rings is 1. The van der Waals surface area contributed by atoms with Crippen molar-refractivity contribution >= 4 is 6.08 Å². The fraction of sp³-hybridized carbons (Fsp3) is 0.429. The third kappa shape index (κ3) is 2.41. The molecule has 0 fully saturated rings. The van der Waals surface area contributed by atoms with E-state index in [1.165, 1.54) is 11.1 Å². The zero-order chi connectivity index (χ0) is 11.5. The Balaban J connectivity index is 0.000000531. The standard InChI is InChI=1S/C12H14O.C2H6/c1-9-8-10-6-4-5-7-11(10)12(2,3)13-9;1-2/h4-8H,1-3H3;1-2H3. The van der Waals surface area contributed by atoms with E-state index in [1.54, 1.807) is 0 Å². The first-order chi connectivity index (χ1) is 7.09. The molecule has 0 radical (unpaired) electrons. The molecule has 1 heteroatoms. The van der Waals surface area contributed by atoms with Gasteiger partial charge in [0.15, 0.2) is 0 Å². The molecular formula is C14H20O. The van der Waals surface area contributed by atoms with E-state index >= 15 is 0 Å². The van der Waals surface area contributed by atoms with E-state index in [2.05, 4.69) is 44.2 Å². The van der Waals surface area contributed by atoms with Crippen LogP contribution in [0.4, 0.5) is 0 Å². The molecule has 0 aliphatic carbocycles. The molecule has 1 aliphatic rings. The van der Waals surface area contributed by atoms with Crippen LogP contribution in [0.15, 0.2) is 30.0 Å². The fourth-order valence-corrected chi connectivity index (χ4v) is 1.88. The van der Waals surface area contributed by atoms with Crippen molar-refractivity contribution in [3.8, 4) is 0 Å². The van der Waals surface area contributed by atoms with Crippen LogP contribution in [0.5, 0.6) is 0 Å². The van der Waals surface area contributed by atoms with Gasteiger partial charge in [-0.3, -0.25) is 0 Å².